The summed E-state index contributed by atoms with van der Waals surface area (Å²) in [5.41, 5.74) is 0.308. The number of hydrogen-bond donors (Lipinski definition) is 1. The van der Waals surface area contributed by atoms with Crippen molar-refractivity contribution in [2.24, 2.45) is 17.3 Å². The van der Waals surface area contributed by atoms with Crippen LogP contribution in [0.15, 0.2) is 0 Å². The molecular formula is C17H33NO2. The van der Waals surface area contributed by atoms with Crippen LogP contribution in [0.25, 0.3) is 0 Å². The van der Waals surface area contributed by atoms with Gasteiger partial charge in [0.1, 0.15) is 0 Å². The lowest BCUT2D eigenvalue weighted by atomic mass is 9.76. The first-order valence-corrected chi connectivity index (χ1v) is 8.46. The van der Waals surface area contributed by atoms with Crippen LogP contribution in [-0.2, 0) is 9.47 Å². The van der Waals surface area contributed by atoms with Crippen molar-refractivity contribution in [3.63, 3.8) is 0 Å². The molecule has 0 radical (unpaired) electrons. The zero-order valence-corrected chi connectivity index (χ0v) is 13.8. The monoisotopic (exact) mass is 283 g/mol. The number of nitrogens with one attached hydrogen (secondary N) is 1. The first-order chi connectivity index (χ1) is 9.53. The molecule has 118 valence electrons. The van der Waals surface area contributed by atoms with Gasteiger partial charge in [-0.05, 0) is 37.5 Å². The smallest absolute Gasteiger partial charge is 0.0673 e. The predicted molar refractivity (Wildman–Crippen MR) is 82.9 cm³/mol. The van der Waals surface area contributed by atoms with E-state index in [9.17, 15) is 0 Å². The van der Waals surface area contributed by atoms with E-state index in [1.165, 1.54) is 19.3 Å². The third-order valence-electron chi connectivity index (χ3n) is 4.61. The highest BCUT2D eigenvalue weighted by Gasteiger charge is 2.50. The van der Waals surface area contributed by atoms with Crippen LogP contribution >= 0.6 is 0 Å². The number of rotatable bonds is 9. The Balaban J connectivity index is 1.89. The second-order valence-electron chi connectivity index (χ2n) is 7.50. The minimum Gasteiger partial charge on any atom is -0.381 e. The van der Waals surface area contributed by atoms with Crippen molar-refractivity contribution in [3.05, 3.63) is 0 Å². The summed E-state index contributed by atoms with van der Waals surface area (Å²) in [6.07, 6.45) is 5.53. The third-order valence-corrected chi connectivity index (χ3v) is 4.61. The van der Waals surface area contributed by atoms with Gasteiger partial charge in [0.2, 0.25) is 0 Å². The van der Waals surface area contributed by atoms with Gasteiger partial charge in [-0.1, -0.05) is 27.7 Å². The normalized spacial score (nSPS) is 30.6. The van der Waals surface area contributed by atoms with Gasteiger partial charge in [0.15, 0.2) is 0 Å². The average molecular weight is 283 g/mol. The maximum Gasteiger partial charge on any atom is 0.0673 e. The Kier molecular flexibility index (Phi) is 5.88. The summed E-state index contributed by atoms with van der Waals surface area (Å²) in [6, 6.07) is 0.545. The Labute approximate surface area is 124 Å². The molecule has 1 N–H and O–H groups in total. The van der Waals surface area contributed by atoms with Crippen LogP contribution in [0, 0.1) is 17.3 Å². The van der Waals surface area contributed by atoms with E-state index in [1.54, 1.807) is 0 Å². The summed E-state index contributed by atoms with van der Waals surface area (Å²) < 4.78 is 12.0. The second kappa shape index (κ2) is 7.24. The molecule has 0 bridgehead atoms. The molecule has 2 rings (SSSR count). The Morgan fingerprint density at radius 2 is 2.00 bits per heavy atom. The van der Waals surface area contributed by atoms with Crippen LogP contribution < -0.4 is 5.32 Å². The van der Waals surface area contributed by atoms with Crippen molar-refractivity contribution < 1.29 is 9.47 Å². The summed E-state index contributed by atoms with van der Waals surface area (Å²) >= 11 is 0. The van der Waals surface area contributed by atoms with Gasteiger partial charge in [0.05, 0.1) is 6.10 Å². The third kappa shape index (κ3) is 4.44. The van der Waals surface area contributed by atoms with Gasteiger partial charge >= 0.3 is 0 Å². The van der Waals surface area contributed by atoms with E-state index in [1.807, 2.05) is 0 Å². The minimum absolute atomic E-state index is 0.308. The van der Waals surface area contributed by atoms with Gasteiger partial charge in [-0.15, -0.1) is 0 Å². The molecular weight excluding hydrogens is 250 g/mol. The number of ether oxygens (including phenoxy) is 2. The molecule has 0 aromatic heterocycles. The van der Waals surface area contributed by atoms with E-state index in [0.717, 1.165) is 38.7 Å². The van der Waals surface area contributed by atoms with E-state index in [-0.39, 0.29) is 0 Å². The van der Waals surface area contributed by atoms with Crippen molar-refractivity contribution in [2.45, 2.75) is 65.5 Å². The molecule has 3 nitrogen and oxygen atoms in total. The Bertz CT molecular complexity index is 289. The molecule has 2 fully saturated rings. The maximum atomic E-state index is 6.11. The zero-order chi connectivity index (χ0) is 14.6. The van der Waals surface area contributed by atoms with Crippen LogP contribution in [-0.4, -0.2) is 38.5 Å². The van der Waals surface area contributed by atoms with E-state index in [4.69, 9.17) is 9.47 Å². The Morgan fingerprint density at radius 3 is 2.60 bits per heavy atom. The quantitative estimate of drug-likeness (QED) is 0.659. The summed E-state index contributed by atoms with van der Waals surface area (Å²) in [6.45, 7) is 12.6. The summed E-state index contributed by atoms with van der Waals surface area (Å²) in [5, 5.41) is 3.66. The molecule has 0 spiro atoms. The molecule has 1 heterocycles. The molecule has 1 aliphatic heterocycles. The molecule has 20 heavy (non-hydrogen) atoms. The Hall–Kier alpha value is -0.120. The maximum absolute atomic E-state index is 6.11. The van der Waals surface area contributed by atoms with Crippen LogP contribution in [0.1, 0.15) is 53.4 Å². The highest BCUT2D eigenvalue weighted by atomic mass is 16.5. The van der Waals surface area contributed by atoms with Crippen LogP contribution in [0.5, 0.6) is 0 Å². The number of hydrogen-bond acceptors (Lipinski definition) is 3. The van der Waals surface area contributed by atoms with E-state index >= 15 is 0 Å². The topological polar surface area (TPSA) is 30.5 Å². The molecule has 0 aromatic rings. The van der Waals surface area contributed by atoms with Gasteiger partial charge in [-0.2, -0.15) is 0 Å². The average Bonchev–Trinajstić information content (AvgIpc) is 3.14. The molecule has 1 saturated heterocycles. The van der Waals surface area contributed by atoms with E-state index in [2.05, 4.69) is 33.0 Å². The molecule has 1 aliphatic carbocycles. The van der Waals surface area contributed by atoms with Gasteiger partial charge in [0.25, 0.3) is 0 Å². The predicted octanol–water partition coefficient (Wildman–Crippen LogP) is 3.23. The van der Waals surface area contributed by atoms with Crippen LogP contribution in [0.3, 0.4) is 0 Å². The molecule has 0 amide bonds. The fraction of sp³-hybridized carbons (Fsp3) is 1.00. The minimum atomic E-state index is 0.308. The highest BCUT2D eigenvalue weighted by Crippen LogP contribution is 2.49. The summed E-state index contributed by atoms with van der Waals surface area (Å²) in [5.74, 6) is 1.44. The van der Waals surface area contributed by atoms with E-state index in [0.29, 0.717) is 23.5 Å². The van der Waals surface area contributed by atoms with Gasteiger partial charge in [-0.3, -0.25) is 0 Å². The lowest BCUT2D eigenvalue weighted by Crippen LogP contribution is -2.44. The molecule has 1 saturated carbocycles. The van der Waals surface area contributed by atoms with Crippen molar-refractivity contribution >= 4 is 0 Å². The van der Waals surface area contributed by atoms with Crippen molar-refractivity contribution in [1.82, 2.24) is 5.32 Å². The zero-order valence-electron chi connectivity index (χ0n) is 13.8. The molecule has 2 atom stereocenters. The second-order valence-corrected chi connectivity index (χ2v) is 7.50. The van der Waals surface area contributed by atoms with Crippen molar-refractivity contribution in [3.8, 4) is 0 Å². The lowest BCUT2D eigenvalue weighted by Gasteiger charge is -2.35. The summed E-state index contributed by atoms with van der Waals surface area (Å²) in [7, 11) is 0. The first kappa shape index (κ1) is 16.3. The Morgan fingerprint density at radius 1 is 1.25 bits per heavy atom. The van der Waals surface area contributed by atoms with Crippen molar-refractivity contribution in [1.29, 1.82) is 0 Å². The summed E-state index contributed by atoms with van der Waals surface area (Å²) in [4.78, 5) is 0. The van der Waals surface area contributed by atoms with Gasteiger partial charge in [-0.25, -0.2) is 0 Å². The lowest BCUT2D eigenvalue weighted by molar-refractivity contribution is 0.00490. The molecule has 2 unspecified atom stereocenters. The first-order valence-electron chi connectivity index (χ1n) is 8.46. The highest BCUT2D eigenvalue weighted by molar-refractivity contribution is 5.00. The molecule has 2 aliphatic rings. The van der Waals surface area contributed by atoms with Gasteiger partial charge in [0, 0.05) is 37.8 Å². The van der Waals surface area contributed by atoms with Crippen LogP contribution in [0.2, 0.25) is 0 Å². The van der Waals surface area contributed by atoms with Crippen LogP contribution in [0.4, 0.5) is 0 Å². The van der Waals surface area contributed by atoms with Gasteiger partial charge < -0.3 is 14.8 Å². The fourth-order valence-electron chi connectivity index (χ4n) is 3.29. The fourth-order valence-corrected chi connectivity index (χ4v) is 3.29. The molecule has 3 heteroatoms. The van der Waals surface area contributed by atoms with E-state index < -0.39 is 0 Å². The SMILES string of the molecule is CC(C)COCCC1(CNC(C)C)CCOC1C1CC1. The standard InChI is InChI=1S/C17H33NO2/c1-13(2)11-19-9-7-17(12-18-14(3)4)8-10-20-16(17)15-5-6-15/h13-16,18H,5-12H2,1-4H3. The largest absolute Gasteiger partial charge is 0.381 e. The molecule has 0 aromatic carbocycles. The van der Waals surface area contributed by atoms with Crippen molar-refractivity contribution in [2.75, 3.05) is 26.4 Å².